The van der Waals surface area contributed by atoms with Crippen molar-refractivity contribution in [3.8, 4) is 17.2 Å². The molecule has 12 heteroatoms. The van der Waals surface area contributed by atoms with Gasteiger partial charge in [-0.2, -0.15) is 13.2 Å². The number of carbonyl (C=O) groups is 2. The molecule has 1 fully saturated rings. The number of nitrogens with zero attached hydrogens (tertiary/aromatic N) is 2. The van der Waals surface area contributed by atoms with Crippen molar-refractivity contribution in [2.24, 2.45) is 4.99 Å². The van der Waals surface area contributed by atoms with E-state index in [1.165, 1.54) is 17.0 Å². The number of amidine groups is 1. The maximum absolute atomic E-state index is 13.3. The van der Waals surface area contributed by atoms with E-state index in [0.717, 1.165) is 23.9 Å². The lowest BCUT2D eigenvalue weighted by Gasteiger charge is -2.32. The van der Waals surface area contributed by atoms with Crippen molar-refractivity contribution < 1.29 is 37.0 Å². The average Bonchev–Trinajstić information content (AvgIpc) is 3.39. The van der Waals surface area contributed by atoms with Gasteiger partial charge < -0.3 is 19.5 Å². The van der Waals surface area contributed by atoms with Gasteiger partial charge in [0.15, 0.2) is 16.7 Å². The predicted octanol–water partition coefficient (Wildman–Crippen LogP) is 5.99. The molecule has 0 aliphatic carbocycles. The topological polar surface area (TPSA) is 89.5 Å². The summed E-state index contributed by atoms with van der Waals surface area (Å²) < 4.78 is 56.1. The number of hydrogen-bond donors (Lipinski definition) is 1. The van der Waals surface area contributed by atoms with E-state index in [1.807, 2.05) is 6.92 Å². The summed E-state index contributed by atoms with van der Waals surface area (Å²) in [5.41, 5.74) is 0.356. The van der Waals surface area contributed by atoms with E-state index in [-0.39, 0.29) is 30.6 Å². The van der Waals surface area contributed by atoms with Crippen LogP contribution in [0, 0.1) is 0 Å². The summed E-state index contributed by atoms with van der Waals surface area (Å²) in [6, 6.07) is 16.5. The smallest absolute Gasteiger partial charge is 0.416 e. The van der Waals surface area contributed by atoms with Crippen LogP contribution in [0.4, 0.5) is 24.5 Å². The molecule has 3 aromatic rings. The van der Waals surface area contributed by atoms with Crippen LogP contribution in [0.1, 0.15) is 24.5 Å². The number of amides is 2. The van der Waals surface area contributed by atoms with Crippen LogP contribution in [0.15, 0.2) is 71.7 Å². The van der Waals surface area contributed by atoms with Gasteiger partial charge in [-0.25, -0.2) is 4.99 Å². The molecule has 0 bridgehead atoms. The number of alkyl halides is 3. The highest BCUT2D eigenvalue weighted by Crippen LogP contribution is 2.36. The molecule has 208 valence electrons. The Balaban J connectivity index is 1.41. The first-order valence-electron chi connectivity index (χ1n) is 12.3. The van der Waals surface area contributed by atoms with Gasteiger partial charge in [0.2, 0.25) is 18.6 Å². The van der Waals surface area contributed by atoms with Crippen LogP contribution in [-0.4, -0.2) is 40.5 Å². The zero-order valence-electron chi connectivity index (χ0n) is 21.2. The second-order valence-corrected chi connectivity index (χ2v) is 10.0. The minimum Gasteiger partial charge on any atom is -0.494 e. The second kappa shape index (κ2) is 11.5. The van der Waals surface area contributed by atoms with Crippen LogP contribution in [-0.2, 0) is 22.3 Å². The summed E-state index contributed by atoms with van der Waals surface area (Å²) in [5, 5.41) is 2.05. The van der Waals surface area contributed by atoms with Gasteiger partial charge in [0, 0.05) is 12.1 Å². The molecule has 3 aromatic carbocycles. The third kappa shape index (κ3) is 6.33. The number of fused-ring (bicyclic) bond motifs is 1. The fourth-order valence-electron chi connectivity index (χ4n) is 4.10. The molecule has 0 unspecified atom stereocenters. The quantitative estimate of drug-likeness (QED) is 0.375. The molecule has 0 spiro atoms. The Kier molecular flexibility index (Phi) is 7.88. The third-order valence-electron chi connectivity index (χ3n) is 6.04. The van der Waals surface area contributed by atoms with E-state index in [2.05, 4.69) is 10.3 Å². The SMILES string of the molecule is CCOc1ccc(NC(=O)[C@H]2CC(=O)N(Cc3ccc4c(c3)OCO4)C(=Nc3cccc(C(F)(F)F)c3)S2)cc1. The molecular formula is C28H24F3N3O5S. The van der Waals surface area contributed by atoms with Crippen LogP contribution >= 0.6 is 11.8 Å². The number of benzene rings is 3. The predicted molar refractivity (Wildman–Crippen MR) is 144 cm³/mol. The van der Waals surface area contributed by atoms with Gasteiger partial charge in [-0.05, 0) is 67.1 Å². The van der Waals surface area contributed by atoms with Crippen molar-refractivity contribution in [1.82, 2.24) is 4.90 Å². The average molecular weight is 572 g/mol. The number of hydrogen-bond acceptors (Lipinski definition) is 7. The summed E-state index contributed by atoms with van der Waals surface area (Å²) in [7, 11) is 0. The zero-order chi connectivity index (χ0) is 28.3. The van der Waals surface area contributed by atoms with Gasteiger partial charge >= 0.3 is 6.18 Å². The summed E-state index contributed by atoms with van der Waals surface area (Å²) >= 11 is 1.02. The highest BCUT2D eigenvalue weighted by atomic mass is 32.2. The van der Waals surface area contributed by atoms with E-state index in [9.17, 15) is 22.8 Å². The molecule has 8 nitrogen and oxygen atoms in total. The first kappa shape index (κ1) is 27.4. The Labute approximate surface area is 232 Å². The number of nitrogens with one attached hydrogen (secondary N) is 1. The van der Waals surface area contributed by atoms with Crippen LogP contribution in [0.2, 0.25) is 0 Å². The number of thioether (sulfide) groups is 1. The monoisotopic (exact) mass is 571 g/mol. The summed E-state index contributed by atoms with van der Waals surface area (Å²) in [5.74, 6) is 0.930. The van der Waals surface area contributed by atoms with Gasteiger partial charge in [-0.15, -0.1) is 0 Å². The first-order chi connectivity index (χ1) is 19.2. The molecule has 5 rings (SSSR count). The highest BCUT2D eigenvalue weighted by molar-refractivity contribution is 8.15. The standard InChI is InChI=1S/C28H24F3N3O5S/c1-2-37-21-9-7-19(8-10-21)32-26(36)24-14-25(35)34(15-17-6-11-22-23(12-17)39-16-38-22)27(40-24)33-20-5-3-4-18(13-20)28(29,30)31/h3-13,24H,2,14-16H2,1H3,(H,32,36)/t24-/m1/s1. The third-order valence-corrected chi connectivity index (χ3v) is 7.23. The maximum Gasteiger partial charge on any atom is 0.416 e. The van der Waals surface area contributed by atoms with Gasteiger partial charge in [0.05, 0.1) is 24.4 Å². The Morgan fingerprint density at radius 2 is 1.88 bits per heavy atom. The molecule has 2 amide bonds. The van der Waals surface area contributed by atoms with Crippen LogP contribution < -0.4 is 19.5 Å². The minimum absolute atomic E-state index is 0.00776. The number of rotatable bonds is 7. The highest BCUT2D eigenvalue weighted by Gasteiger charge is 2.36. The first-order valence-corrected chi connectivity index (χ1v) is 13.2. The molecule has 1 atom stereocenters. The Bertz CT molecular complexity index is 1450. The Morgan fingerprint density at radius 3 is 2.62 bits per heavy atom. The number of ether oxygens (including phenoxy) is 3. The van der Waals surface area contributed by atoms with Gasteiger partial charge in [0.25, 0.3) is 0 Å². The summed E-state index contributed by atoms with van der Waals surface area (Å²) in [4.78, 5) is 32.2. The molecule has 2 aliphatic rings. The van der Waals surface area contributed by atoms with Crippen LogP contribution in [0.5, 0.6) is 17.2 Å². The maximum atomic E-state index is 13.3. The normalized spacial score (nSPS) is 17.7. The lowest BCUT2D eigenvalue weighted by atomic mass is 10.1. The molecule has 2 aliphatic heterocycles. The van der Waals surface area contributed by atoms with Crippen molar-refractivity contribution in [3.63, 3.8) is 0 Å². The zero-order valence-corrected chi connectivity index (χ0v) is 22.1. The molecule has 2 heterocycles. The molecule has 0 aromatic heterocycles. The van der Waals surface area contributed by atoms with E-state index >= 15 is 0 Å². The van der Waals surface area contributed by atoms with Crippen LogP contribution in [0.3, 0.4) is 0 Å². The lowest BCUT2D eigenvalue weighted by molar-refractivity contribution is -0.137. The van der Waals surface area contributed by atoms with Crippen molar-refractivity contribution in [2.45, 2.75) is 31.3 Å². The number of anilines is 1. The van der Waals surface area contributed by atoms with E-state index in [0.29, 0.717) is 35.1 Å². The molecule has 1 saturated heterocycles. The summed E-state index contributed by atoms with van der Waals surface area (Å²) in [6.45, 7) is 2.53. The van der Waals surface area contributed by atoms with Gasteiger partial charge in [0.1, 0.15) is 11.0 Å². The van der Waals surface area contributed by atoms with E-state index in [4.69, 9.17) is 14.2 Å². The number of halogens is 3. The van der Waals surface area contributed by atoms with Crippen LogP contribution in [0.25, 0.3) is 0 Å². The van der Waals surface area contributed by atoms with Gasteiger partial charge in [-0.1, -0.05) is 23.9 Å². The van der Waals surface area contributed by atoms with E-state index < -0.39 is 28.8 Å². The Morgan fingerprint density at radius 1 is 1.10 bits per heavy atom. The van der Waals surface area contributed by atoms with E-state index in [1.54, 1.807) is 42.5 Å². The number of aliphatic imine (C=N–C) groups is 1. The minimum atomic E-state index is -4.56. The summed E-state index contributed by atoms with van der Waals surface area (Å²) in [6.07, 6.45) is -4.68. The van der Waals surface area contributed by atoms with Gasteiger partial charge in [-0.3, -0.25) is 14.5 Å². The van der Waals surface area contributed by atoms with Crippen molar-refractivity contribution in [3.05, 3.63) is 77.9 Å². The van der Waals surface area contributed by atoms with Crippen molar-refractivity contribution >= 4 is 40.1 Å². The number of carbonyl (C=O) groups excluding carboxylic acids is 2. The molecular weight excluding hydrogens is 547 g/mol. The Hall–Kier alpha value is -4.19. The fourth-order valence-corrected chi connectivity index (χ4v) is 5.20. The van der Waals surface area contributed by atoms with Crippen molar-refractivity contribution in [1.29, 1.82) is 0 Å². The molecule has 0 radical (unpaired) electrons. The molecule has 40 heavy (non-hydrogen) atoms. The lowest BCUT2D eigenvalue weighted by Crippen LogP contribution is -2.44. The molecule has 1 N–H and O–H groups in total. The second-order valence-electron chi connectivity index (χ2n) is 8.87. The van der Waals surface area contributed by atoms with Crippen molar-refractivity contribution in [2.75, 3.05) is 18.7 Å². The fraction of sp³-hybridized carbons (Fsp3) is 0.250. The molecule has 0 saturated carbocycles. The largest absolute Gasteiger partial charge is 0.494 e.